The van der Waals surface area contributed by atoms with Crippen molar-refractivity contribution in [2.75, 3.05) is 6.67 Å². The van der Waals surface area contributed by atoms with E-state index in [1.54, 1.807) is 0 Å². The maximum Gasteiger partial charge on any atom is 0.341 e. The minimum atomic E-state index is -1.58. The van der Waals surface area contributed by atoms with E-state index in [-0.39, 0.29) is 0 Å². The average Bonchev–Trinajstić information content (AvgIpc) is 3.05. The third-order valence-electron chi connectivity index (χ3n) is 3.69. The number of rotatable bonds is 5. The molecular formula is C15H10BrF3N4O3. The van der Waals surface area contributed by atoms with Gasteiger partial charge < -0.3 is 9.67 Å². The second kappa shape index (κ2) is 6.90. The molecule has 0 bridgehead atoms. The summed E-state index contributed by atoms with van der Waals surface area (Å²) in [6.45, 7) is -1.36. The standard InChI is InChI=1S/C15H10BrF3N4O3/c16-4-7-5-23(21-20-7)13-10(18)3-8-12(11(13)19)22(2-1-17)6-9(14(8)24)15(25)26/h3,5-6H,1-2,4H2,(H,25,26). The summed E-state index contributed by atoms with van der Waals surface area (Å²) >= 11 is 3.14. The van der Waals surface area contributed by atoms with Gasteiger partial charge in [-0.2, -0.15) is 0 Å². The van der Waals surface area contributed by atoms with Gasteiger partial charge in [0, 0.05) is 11.5 Å². The van der Waals surface area contributed by atoms with Gasteiger partial charge in [0.15, 0.2) is 11.6 Å². The average molecular weight is 431 g/mol. The van der Waals surface area contributed by atoms with Crippen molar-refractivity contribution in [2.24, 2.45) is 0 Å². The van der Waals surface area contributed by atoms with E-state index in [2.05, 4.69) is 26.2 Å². The van der Waals surface area contributed by atoms with E-state index in [4.69, 9.17) is 5.11 Å². The van der Waals surface area contributed by atoms with Gasteiger partial charge in [-0.15, -0.1) is 5.10 Å². The van der Waals surface area contributed by atoms with E-state index in [1.165, 1.54) is 6.20 Å². The van der Waals surface area contributed by atoms with Crippen LogP contribution in [-0.4, -0.2) is 37.3 Å². The molecule has 11 heteroatoms. The number of carboxylic acids is 1. The van der Waals surface area contributed by atoms with Crippen molar-refractivity contribution in [3.63, 3.8) is 0 Å². The Balaban J connectivity index is 2.41. The fourth-order valence-electron chi connectivity index (χ4n) is 2.58. The summed E-state index contributed by atoms with van der Waals surface area (Å²) in [5, 5.41) is 16.2. The fraction of sp³-hybridized carbons (Fsp3) is 0.200. The molecule has 0 saturated heterocycles. The number of carbonyl (C=O) groups is 1. The Bertz CT molecular complexity index is 1080. The van der Waals surface area contributed by atoms with Gasteiger partial charge in [0.05, 0.1) is 29.3 Å². The smallest absolute Gasteiger partial charge is 0.341 e. The highest BCUT2D eigenvalue weighted by Crippen LogP contribution is 2.26. The van der Waals surface area contributed by atoms with E-state index >= 15 is 4.39 Å². The first-order valence-electron chi connectivity index (χ1n) is 7.21. The third-order valence-corrected chi connectivity index (χ3v) is 4.27. The zero-order valence-corrected chi connectivity index (χ0v) is 14.5. The van der Waals surface area contributed by atoms with Crippen LogP contribution in [0.4, 0.5) is 13.2 Å². The lowest BCUT2D eigenvalue weighted by Gasteiger charge is -2.14. The van der Waals surface area contributed by atoms with Gasteiger partial charge in [0.1, 0.15) is 17.9 Å². The van der Waals surface area contributed by atoms with Gasteiger partial charge in [-0.05, 0) is 6.07 Å². The number of aryl methyl sites for hydroxylation is 1. The highest BCUT2D eigenvalue weighted by atomic mass is 79.9. The number of halogens is 4. The molecule has 2 heterocycles. The van der Waals surface area contributed by atoms with Gasteiger partial charge in [0.2, 0.25) is 5.43 Å². The third kappa shape index (κ3) is 2.87. The molecule has 136 valence electrons. The van der Waals surface area contributed by atoms with Crippen LogP contribution in [0.5, 0.6) is 0 Å². The van der Waals surface area contributed by atoms with E-state index in [1.807, 2.05) is 0 Å². The molecule has 1 aromatic carbocycles. The van der Waals surface area contributed by atoms with E-state index in [0.29, 0.717) is 17.1 Å². The molecule has 0 saturated carbocycles. The number of hydrogen-bond donors (Lipinski definition) is 1. The van der Waals surface area contributed by atoms with E-state index in [0.717, 1.165) is 15.4 Å². The van der Waals surface area contributed by atoms with Crippen LogP contribution in [0.25, 0.3) is 16.6 Å². The molecule has 0 fully saturated rings. The van der Waals surface area contributed by atoms with Crippen LogP contribution in [0.15, 0.2) is 23.3 Å². The lowest BCUT2D eigenvalue weighted by Crippen LogP contribution is -2.21. The Morgan fingerprint density at radius 1 is 1.31 bits per heavy atom. The summed E-state index contributed by atoms with van der Waals surface area (Å²) < 4.78 is 44.2. The Morgan fingerprint density at radius 2 is 2.04 bits per heavy atom. The monoisotopic (exact) mass is 430 g/mol. The number of alkyl halides is 2. The highest BCUT2D eigenvalue weighted by Gasteiger charge is 2.23. The highest BCUT2D eigenvalue weighted by molar-refractivity contribution is 9.08. The van der Waals surface area contributed by atoms with Crippen LogP contribution in [0.2, 0.25) is 0 Å². The summed E-state index contributed by atoms with van der Waals surface area (Å²) in [5.74, 6) is -3.88. The van der Waals surface area contributed by atoms with Crippen LogP contribution in [0.1, 0.15) is 16.1 Å². The Morgan fingerprint density at radius 3 is 2.62 bits per heavy atom. The van der Waals surface area contributed by atoms with Crippen LogP contribution >= 0.6 is 15.9 Å². The first kappa shape index (κ1) is 18.1. The SMILES string of the molecule is O=C(O)c1cn(CCF)c2c(F)c(-n3cc(CBr)nn3)c(F)cc2c1=O. The van der Waals surface area contributed by atoms with E-state index in [9.17, 15) is 18.4 Å². The summed E-state index contributed by atoms with van der Waals surface area (Å²) in [6, 6.07) is 0.715. The van der Waals surface area contributed by atoms with Crippen molar-refractivity contribution in [3.05, 3.63) is 51.6 Å². The predicted molar refractivity (Wildman–Crippen MR) is 88.6 cm³/mol. The molecule has 2 aromatic heterocycles. The van der Waals surface area contributed by atoms with Gasteiger partial charge in [-0.3, -0.25) is 4.79 Å². The normalized spacial score (nSPS) is 11.2. The van der Waals surface area contributed by atoms with Crippen LogP contribution in [-0.2, 0) is 11.9 Å². The lowest BCUT2D eigenvalue weighted by molar-refractivity contribution is 0.0694. The minimum Gasteiger partial charge on any atom is -0.477 e. The molecule has 0 aliphatic rings. The van der Waals surface area contributed by atoms with Gasteiger partial charge in [-0.1, -0.05) is 21.1 Å². The largest absolute Gasteiger partial charge is 0.477 e. The predicted octanol–water partition coefficient (Wildman–Crippen LogP) is 2.42. The maximum absolute atomic E-state index is 15.1. The number of nitrogens with zero attached hydrogens (tertiary/aromatic N) is 4. The summed E-state index contributed by atoms with van der Waals surface area (Å²) in [5.41, 5.74) is -2.38. The molecule has 7 nitrogen and oxygen atoms in total. The van der Waals surface area contributed by atoms with Gasteiger partial charge in [-0.25, -0.2) is 22.6 Å². The Labute approximate surface area is 151 Å². The number of hydrogen-bond acceptors (Lipinski definition) is 4. The maximum atomic E-state index is 15.1. The molecule has 0 unspecified atom stereocenters. The van der Waals surface area contributed by atoms with Crippen LogP contribution < -0.4 is 5.43 Å². The molecule has 0 aliphatic heterocycles. The zero-order valence-electron chi connectivity index (χ0n) is 12.9. The van der Waals surface area contributed by atoms with E-state index < -0.39 is 58.4 Å². The van der Waals surface area contributed by atoms with Crippen molar-refractivity contribution in [3.8, 4) is 5.69 Å². The molecule has 0 atom stereocenters. The zero-order chi connectivity index (χ0) is 19.0. The first-order chi connectivity index (χ1) is 12.4. The summed E-state index contributed by atoms with van der Waals surface area (Å²) in [6.07, 6.45) is 2.12. The van der Waals surface area contributed by atoms with Crippen molar-refractivity contribution in [2.45, 2.75) is 11.9 Å². The molecule has 1 N–H and O–H groups in total. The van der Waals surface area contributed by atoms with Gasteiger partial charge >= 0.3 is 5.97 Å². The summed E-state index contributed by atoms with van der Waals surface area (Å²) in [4.78, 5) is 23.5. The van der Waals surface area contributed by atoms with Crippen molar-refractivity contribution in [1.82, 2.24) is 19.6 Å². The Hall–Kier alpha value is -2.69. The van der Waals surface area contributed by atoms with Crippen molar-refractivity contribution < 1.29 is 23.1 Å². The number of aromatic nitrogens is 4. The number of aromatic carboxylic acids is 1. The molecule has 3 aromatic rings. The second-order valence-electron chi connectivity index (χ2n) is 5.26. The topological polar surface area (TPSA) is 90.0 Å². The van der Waals surface area contributed by atoms with Crippen LogP contribution in [0, 0.1) is 11.6 Å². The number of fused-ring (bicyclic) bond motifs is 1. The van der Waals surface area contributed by atoms with Gasteiger partial charge in [0.25, 0.3) is 0 Å². The summed E-state index contributed by atoms with van der Waals surface area (Å²) in [7, 11) is 0. The Kier molecular flexibility index (Phi) is 4.81. The van der Waals surface area contributed by atoms with Crippen molar-refractivity contribution >= 4 is 32.8 Å². The molecule has 0 aliphatic carbocycles. The van der Waals surface area contributed by atoms with Crippen molar-refractivity contribution in [1.29, 1.82) is 0 Å². The molecule has 0 spiro atoms. The molecule has 3 rings (SSSR count). The molecular weight excluding hydrogens is 421 g/mol. The minimum absolute atomic E-state index is 0.304. The van der Waals surface area contributed by atoms with Crippen LogP contribution in [0.3, 0.4) is 0 Å². The number of carboxylic acid groups (broad SMARTS) is 1. The quantitative estimate of drug-likeness (QED) is 0.627. The molecule has 0 radical (unpaired) electrons. The fourth-order valence-corrected chi connectivity index (χ4v) is 2.83. The number of pyridine rings is 1. The molecule has 0 amide bonds. The number of benzene rings is 1. The first-order valence-corrected chi connectivity index (χ1v) is 8.33. The molecule has 26 heavy (non-hydrogen) atoms. The lowest BCUT2D eigenvalue weighted by atomic mass is 10.1. The second-order valence-corrected chi connectivity index (χ2v) is 5.83.